The normalized spacial score (nSPS) is 30.1. The molecule has 0 amide bonds. The standard InChI is InChI=1S/C12H17N5/c1-2-16-6-9-11(14-7-13-9)17-10-5-3-4-8(10)15-12(16)17/h7-8,10H,2-6H2,1H3,(H,13,14)/t8-,10+/m1/s1. The average Bonchev–Trinajstić information content (AvgIpc) is 3.00. The van der Waals surface area contributed by atoms with Gasteiger partial charge in [0.1, 0.15) is 0 Å². The SMILES string of the molecule is CCN1Cc2[nH]cnc2N2C1=N[C@@H]1CCC[C@@H]12. The second-order valence-corrected chi connectivity index (χ2v) is 5.08. The van der Waals surface area contributed by atoms with E-state index in [1.165, 1.54) is 25.0 Å². The number of aliphatic imine (C=N–C) groups is 1. The predicted molar refractivity (Wildman–Crippen MR) is 66.0 cm³/mol. The second-order valence-electron chi connectivity index (χ2n) is 5.08. The van der Waals surface area contributed by atoms with E-state index in [-0.39, 0.29) is 0 Å². The van der Waals surface area contributed by atoms with E-state index in [0.29, 0.717) is 12.1 Å². The second kappa shape index (κ2) is 3.24. The molecule has 0 saturated heterocycles. The van der Waals surface area contributed by atoms with Crippen LogP contribution in [0.15, 0.2) is 11.3 Å². The summed E-state index contributed by atoms with van der Waals surface area (Å²) in [5.74, 6) is 2.27. The number of rotatable bonds is 1. The van der Waals surface area contributed by atoms with Crippen LogP contribution in [0.4, 0.5) is 5.82 Å². The van der Waals surface area contributed by atoms with Crippen LogP contribution in [-0.4, -0.2) is 39.5 Å². The Hall–Kier alpha value is -1.52. The molecule has 90 valence electrons. The number of hydrogen-bond acceptors (Lipinski definition) is 4. The van der Waals surface area contributed by atoms with Crippen molar-refractivity contribution in [2.45, 2.75) is 44.8 Å². The number of nitrogens with zero attached hydrogens (tertiary/aromatic N) is 4. The molecule has 1 aromatic heterocycles. The van der Waals surface area contributed by atoms with Crippen molar-refractivity contribution in [1.82, 2.24) is 14.9 Å². The van der Waals surface area contributed by atoms with Crippen molar-refractivity contribution in [2.24, 2.45) is 4.99 Å². The van der Waals surface area contributed by atoms with E-state index in [9.17, 15) is 0 Å². The van der Waals surface area contributed by atoms with Gasteiger partial charge in [-0.1, -0.05) is 0 Å². The summed E-state index contributed by atoms with van der Waals surface area (Å²) in [6, 6.07) is 1.06. The third kappa shape index (κ3) is 1.14. The van der Waals surface area contributed by atoms with Crippen LogP contribution < -0.4 is 4.90 Å². The van der Waals surface area contributed by atoms with E-state index in [1.807, 2.05) is 6.33 Å². The highest BCUT2D eigenvalue weighted by molar-refractivity contribution is 6.00. The molecule has 4 rings (SSSR count). The lowest BCUT2D eigenvalue weighted by Crippen LogP contribution is -2.49. The summed E-state index contributed by atoms with van der Waals surface area (Å²) in [4.78, 5) is 17.4. The molecule has 1 aliphatic carbocycles. The Kier molecular flexibility index (Phi) is 1.81. The number of guanidine groups is 1. The fraction of sp³-hybridized carbons (Fsp3) is 0.667. The monoisotopic (exact) mass is 231 g/mol. The molecule has 17 heavy (non-hydrogen) atoms. The molecule has 0 aromatic carbocycles. The maximum atomic E-state index is 4.92. The molecule has 1 N–H and O–H groups in total. The molecule has 1 aromatic rings. The van der Waals surface area contributed by atoms with Gasteiger partial charge in [0.2, 0.25) is 5.96 Å². The van der Waals surface area contributed by atoms with Crippen molar-refractivity contribution >= 4 is 11.8 Å². The fourth-order valence-corrected chi connectivity index (χ4v) is 3.37. The number of aromatic amines is 1. The molecule has 1 saturated carbocycles. The summed E-state index contributed by atoms with van der Waals surface area (Å²) in [5.41, 5.74) is 1.23. The van der Waals surface area contributed by atoms with Crippen LogP contribution in [0.3, 0.4) is 0 Å². The molecule has 3 heterocycles. The number of aromatic nitrogens is 2. The van der Waals surface area contributed by atoms with E-state index < -0.39 is 0 Å². The molecule has 0 spiro atoms. The molecule has 5 nitrogen and oxygen atoms in total. The quantitative estimate of drug-likeness (QED) is 0.793. The van der Waals surface area contributed by atoms with Crippen molar-refractivity contribution in [2.75, 3.05) is 11.4 Å². The van der Waals surface area contributed by atoms with Gasteiger partial charge in [-0.15, -0.1) is 0 Å². The molecule has 2 atom stereocenters. The number of nitrogens with one attached hydrogen (secondary N) is 1. The number of imidazole rings is 1. The summed E-state index contributed by atoms with van der Waals surface area (Å²) in [7, 11) is 0. The number of anilines is 1. The first-order valence-corrected chi connectivity index (χ1v) is 6.52. The minimum absolute atomic E-state index is 0.502. The third-order valence-corrected chi connectivity index (χ3v) is 4.21. The lowest BCUT2D eigenvalue weighted by molar-refractivity contribution is 0.411. The van der Waals surface area contributed by atoms with Gasteiger partial charge in [0.15, 0.2) is 5.82 Å². The van der Waals surface area contributed by atoms with Crippen LogP contribution in [0, 0.1) is 0 Å². The largest absolute Gasteiger partial charge is 0.345 e. The van der Waals surface area contributed by atoms with Crippen LogP contribution in [0.2, 0.25) is 0 Å². The van der Waals surface area contributed by atoms with E-state index in [0.717, 1.165) is 24.9 Å². The summed E-state index contributed by atoms with van der Waals surface area (Å²) in [5, 5.41) is 0. The zero-order chi connectivity index (χ0) is 11.4. The Bertz CT molecular complexity index is 477. The van der Waals surface area contributed by atoms with Crippen LogP contribution in [-0.2, 0) is 6.54 Å². The van der Waals surface area contributed by atoms with Gasteiger partial charge in [-0.2, -0.15) is 0 Å². The molecule has 1 fully saturated rings. The number of fused-ring (bicyclic) bond motifs is 5. The maximum Gasteiger partial charge on any atom is 0.203 e. The first-order valence-electron chi connectivity index (χ1n) is 6.52. The van der Waals surface area contributed by atoms with Crippen molar-refractivity contribution in [3.63, 3.8) is 0 Å². The molecule has 3 aliphatic rings. The first-order chi connectivity index (χ1) is 8.38. The van der Waals surface area contributed by atoms with Gasteiger partial charge in [-0.05, 0) is 26.2 Å². The molecular weight excluding hydrogens is 214 g/mol. The van der Waals surface area contributed by atoms with Crippen LogP contribution >= 0.6 is 0 Å². The van der Waals surface area contributed by atoms with Gasteiger partial charge in [0.25, 0.3) is 0 Å². The zero-order valence-corrected chi connectivity index (χ0v) is 10.1. The molecule has 0 radical (unpaired) electrons. The lowest BCUT2D eigenvalue weighted by atomic mass is 10.1. The molecule has 0 unspecified atom stereocenters. The summed E-state index contributed by atoms with van der Waals surface area (Å²) in [6.45, 7) is 4.12. The molecule has 5 heteroatoms. The van der Waals surface area contributed by atoms with Crippen molar-refractivity contribution in [1.29, 1.82) is 0 Å². The summed E-state index contributed by atoms with van der Waals surface area (Å²) < 4.78 is 0. The highest BCUT2D eigenvalue weighted by Crippen LogP contribution is 2.39. The van der Waals surface area contributed by atoms with Gasteiger partial charge < -0.3 is 9.88 Å². The molecule has 0 bridgehead atoms. The Morgan fingerprint density at radius 3 is 3.29 bits per heavy atom. The van der Waals surface area contributed by atoms with Crippen LogP contribution in [0.5, 0.6) is 0 Å². The summed E-state index contributed by atoms with van der Waals surface area (Å²) >= 11 is 0. The van der Waals surface area contributed by atoms with Gasteiger partial charge in [-0.25, -0.2) is 9.98 Å². The van der Waals surface area contributed by atoms with Crippen LogP contribution in [0.25, 0.3) is 0 Å². The van der Waals surface area contributed by atoms with Crippen molar-refractivity contribution in [3.05, 3.63) is 12.0 Å². The highest BCUT2D eigenvalue weighted by Gasteiger charge is 2.45. The zero-order valence-electron chi connectivity index (χ0n) is 10.1. The van der Waals surface area contributed by atoms with E-state index in [1.54, 1.807) is 0 Å². The smallest absolute Gasteiger partial charge is 0.203 e. The lowest BCUT2D eigenvalue weighted by Gasteiger charge is -2.36. The number of hydrogen-bond donors (Lipinski definition) is 1. The minimum atomic E-state index is 0.502. The summed E-state index contributed by atoms with van der Waals surface area (Å²) in [6.07, 6.45) is 5.60. The topological polar surface area (TPSA) is 47.5 Å². The van der Waals surface area contributed by atoms with Gasteiger partial charge in [0, 0.05) is 6.54 Å². The van der Waals surface area contributed by atoms with Gasteiger partial charge in [0.05, 0.1) is 30.6 Å². The molecular formula is C12H17N5. The van der Waals surface area contributed by atoms with E-state index in [2.05, 4.69) is 26.7 Å². The Morgan fingerprint density at radius 2 is 2.41 bits per heavy atom. The fourth-order valence-electron chi connectivity index (χ4n) is 3.37. The van der Waals surface area contributed by atoms with Crippen molar-refractivity contribution in [3.8, 4) is 0 Å². The Labute approximate surface area is 101 Å². The number of H-pyrrole nitrogens is 1. The van der Waals surface area contributed by atoms with Gasteiger partial charge in [-0.3, -0.25) is 4.90 Å². The highest BCUT2D eigenvalue weighted by atomic mass is 15.5. The predicted octanol–water partition coefficient (Wildman–Crippen LogP) is 1.34. The Balaban J connectivity index is 1.83. The average molecular weight is 231 g/mol. The van der Waals surface area contributed by atoms with Crippen LogP contribution in [0.1, 0.15) is 31.9 Å². The third-order valence-electron chi connectivity index (χ3n) is 4.21. The first kappa shape index (κ1) is 9.50. The van der Waals surface area contributed by atoms with Gasteiger partial charge >= 0.3 is 0 Å². The maximum absolute atomic E-state index is 4.92. The molecule has 2 aliphatic heterocycles. The van der Waals surface area contributed by atoms with Crippen molar-refractivity contribution < 1.29 is 0 Å². The van der Waals surface area contributed by atoms with E-state index >= 15 is 0 Å². The van der Waals surface area contributed by atoms with E-state index in [4.69, 9.17) is 4.99 Å². The Morgan fingerprint density at radius 1 is 1.47 bits per heavy atom. The minimum Gasteiger partial charge on any atom is -0.345 e.